The minimum atomic E-state index is -0.660. The summed E-state index contributed by atoms with van der Waals surface area (Å²) in [7, 11) is 1.58. The van der Waals surface area contributed by atoms with Crippen LogP contribution in [-0.4, -0.2) is 24.2 Å². The van der Waals surface area contributed by atoms with Gasteiger partial charge in [-0.05, 0) is 38.5 Å². The molecule has 2 saturated carbocycles. The maximum Gasteiger partial charge on any atom is 0.253 e. The summed E-state index contributed by atoms with van der Waals surface area (Å²) >= 11 is 0. The van der Waals surface area contributed by atoms with Gasteiger partial charge in [-0.15, -0.1) is 0 Å². The van der Waals surface area contributed by atoms with Gasteiger partial charge >= 0.3 is 0 Å². The smallest absolute Gasteiger partial charge is 0.253 e. The Kier molecular flexibility index (Phi) is 2.43. The Hall–Kier alpha value is -1.08. The number of amides is 1. The van der Waals surface area contributed by atoms with Crippen LogP contribution in [0.3, 0.4) is 0 Å². The fourth-order valence-electron chi connectivity index (χ4n) is 2.19. The summed E-state index contributed by atoms with van der Waals surface area (Å²) in [5.41, 5.74) is -1.24. The zero-order valence-electron chi connectivity index (χ0n) is 9.01. The number of rotatable bonds is 3. The van der Waals surface area contributed by atoms with Crippen molar-refractivity contribution < 1.29 is 9.53 Å². The van der Waals surface area contributed by atoms with Gasteiger partial charge in [0, 0.05) is 7.11 Å². The van der Waals surface area contributed by atoms with Crippen LogP contribution in [0.2, 0.25) is 0 Å². The summed E-state index contributed by atoms with van der Waals surface area (Å²) in [6.45, 7) is 0. The van der Waals surface area contributed by atoms with Crippen LogP contribution < -0.4 is 5.32 Å². The summed E-state index contributed by atoms with van der Waals surface area (Å²) in [4.78, 5) is 12.0. The van der Waals surface area contributed by atoms with Crippen LogP contribution in [0.4, 0.5) is 0 Å². The van der Waals surface area contributed by atoms with Crippen LogP contribution >= 0.6 is 0 Å². The highest BCUT2D eigenvalue weighted by molar-refractivity contribution is 5.87. The molecule has 82 valence electrons. The van der Waals surface area contributed by atoms with Crippen molar-refractivity contribution >= 4 is 5.91 Å². The van der Waals surface area contributed by atoms with E-state index in [1.807, 2.05) is 0 Å². The molecular weight excluding hydrogens is 192 g/mol. The Morgan fingerprint density at radius 3 is 2.33 bits per heavy atom. The third kappa shape index (κ3) is 1.72. The van der Waals surface area contributed by atoms with Crippen molar-refractivity contribution in [3.8, 4) is 6.07 Å². The van der Waals surface area contributed by atoms with Gasteiger partial charge in [0.15, 0.2) is 0 Å². The lowest BCUT2D eigenvalue weighted by Crippen LogP contribution is -2.50. The zero-order chi connectivity index (χ0) is 10.9. The highest BCUT2D eigenvalue weighted by Gasteiger charge is 2.50. The van der Waals surface area contributed by atoms with Gasteiger partial charge in [-0.1, -0.05) is 0 Å². The van der Waals surface area contributed by atoms with Crippen LogP contribution in [0.5, 0.6) is 0 Å². The normalized spacial score (nSPS) is 25.6. The second kappa shape index (κ2) is 3.49. The van der Waals surface area contributed by atoms with Crippen LogP contribution in [0.15, 0.2) is 0 Å². The molecule has 2 aliphatic carbocycles. The van der Waals surface area contributed by atoms with E-state index in [1.165, 1.54) is 0 Å². The third-order valence-electron chi connectivity index (χ3n) is 3.53. The molecule has 4 heteroatoms. The molecule has 0 aromatic rings. The first kappa shape index (κ1) is 10.4. The summed E-state index contributed by atoms with van der Waals surface area (Å²) in [6, 6.07) is 2.16. The molecule has 0 aromatic heterocycles. The molecule has 2 rings (SSSR count). The van der Waals surface area contributed by atoms with Gasteiger partial charge in [-0.2, -0.15) is 5.26 Å². The van der Waals surface area contributed by atoms with Crippen molar-refractivity contribution in [1.29, 1.82) is 5.26 Å². The molecule has 15 heavy (non-hydrogen) atoms. The van der Waals surface area contributed by atoms with E-state index < -0.39 is 11.1 Å². The van der Waals surface area contributed by atoms with Gasteiger partial charge in [0.2, 0.25) is 0 Å². The molecule has 0 aromatic carbocycles. The van der Waals surface area contributed by atoms with Gasteiger partial charge in [0.25, 0.3) is 5.91 Å². The Labute approximate surface area is 89.6 Å². The number of hydrogen-bond acceptors (Lipinski definition) is 3. The lowest BCUT2D eigenvalue weighted by Gasteiger charge is -2.27. The summed E-state index contributed by atoms with van der Waals surface area (Å²) in [5.74, 6) is -0.0958. The predicted molar refractivity (Wildman–Crippen MR) is 53.9 cm³/mol. The van der Waals surface area contributed by atoms with Crippen molar-refractivity contribution in [1.82, 2.24) is 5.32 Å². The molecule has 0 aliphatic heterocycles. The highest BCUT2D eigenvalue weighted by Crippen LogP contribution is 2.38. The maximum absolute atomic E-state index is 12.0. The van der Waals surface area contributed by atoms with Crippen molar-refractivity contribution in [2.24, 2.45) is 0 Å². The Morgan fingerprint density at radius 2 is 1.93 bits per heavy atom. The number of carbonyl (C=O) groups excluding carboxylic acids is 1. The van der Waals surface area contributed by atoms with Crippen molar-refractivity contribution in [3.63, 3.8) is 0 Å². The number of nitrogens with zero attached hydrogens (tertiary/aromatic N) is 1. The van der Waals surface area contributed by atoms with E-state index in [-0.39, 0.29) is 5.91 Å². The first-order valence-corrected chi connectivity index (χ1v) is 5.45. The first-order valence-electron chi connectivity index (χ1n) is 5.45. The summed E-state index contributed by atoms with van der Waals surface area (Å²) in [6.07, 6.45) is 5.15. The van der Waals surface area contributed by atoms with E-state index in [2.05, 4.69) is 11.4 Å². The fourth-order valence-corrected chi connectivity index (χ4v) is 2.19. The lowest BCUT2D eigenvalue weighted by molar-refractivity contribution is -0.143. The maximum atomic E-state index is 12.0. The Morgan fingerprint density at radius 1 is 1.33 bits per heavy atom. The molecule has 0 unspecified atom stereocenters. The van der Waals surface area contributed by atoms with Crippen LogP contribution in [0.25, 0.3) is 0 Å². The second-order valence-corrected chi connectivity index (χ2v) is 4.55. The third-order valence-corrected chi connectivity index (χ3v) is 3.53. The van der Waals surface area contributed by atoms with E-state index >= 15 is 0 Å². The van der Waals surface area contributed by atoms with Crippen molar-refractivity contribution in [3.05, 3.63) is 0 Å². The number of hydrogen-bond donors (Lipinski definition) is 1. The molecular formula is C11H16N2O2. The van der Waals surface area contributed by atoms with E-state index in [9.17, 15) is 4.79 Å². The predicted octanol–water partition coefficient (Wildman–Crippen LogP) is 1.12. The molecule has 0 radical (unpaired) electrons. The monoisotopic (exact) mass is 208 g/mol. The average Bonchev–Trinajstić information content (AvgIpc) is 2.85. The van der Waals surface area contributed by atoms with Gasteiger partial charge in [-0.25, -0.2) is 0 Å². The molecule has 1 N–H and O–H groups in total. The van der Waals surface area contributed by atoms with Gasteiger partial charge in [0.05, 0.1) is 6.07 Å². The van der Waals surface area contributed by atoms with Crippen LogP contribution in [-0.2, 0) is 9.53 Å². The largest absolute Gasteiger partial charge is 0.368 e. The zero-order valence-corrected chi connectivity index (χ0v) is 9.01. The van der Waals surface area contributed by atoms with Gasteiger partial charge in [-0.3, -0.25) is 4.79 Å². The van der Waals surface area contributed by atoms with E-state index in [4.69, 9.17) is 10.00 Å². The van der Waals surface area contributed by atoms with Crippen molar-refractivity contribution in [2.45, 2.75) is 49.7 Å². The molecule has 1 amide bonds. The fraction of sp³-hybridized carbons (Fsp3) is 0.818. The van der Waals surface area contributed by atoms with Gasteiger partial charge < -0.3 is 10.1 Å². The van der Waals surface area contributed by atoms with Crippen LogP contribution in [0.1, 0.15) is 38.5 Å². The number of ether oxygens (including phenoxy) is 1. The Balaban J connectivity index is 2.03. The standard InChI is InChI=1S/C11H16N2O2/c1-15-11(4-2-3-5-11)9(14)13-10(8-12)6-7-10/h2-7H2,1H3,(H,13,14). The first-order chi connectivity index (χ1) is 7.16. The van der Waals surface area contributed by atoms with Crippen molar-refractivity contribution in [2.75, 3.05) is 7.11 Å². The lowest BCUT2D eigenvalue weighted by atomic mass is 10.0. The van der Waals surface area contributed by atoms with Gasteiger partial charge in [0.1, 0.15) is 11.1 Å². The minimum absolute atomic E-state index is 0.0958. The molecule has 2 aliphatic rings. The molecule has 0 spiro atoms. The minimum Gasteiger partial charge on any atom is -0.368 e. The molecule has 0 heterocycles. The number of carbonyl (C=O) groups is 1. The molecule has 0 bridgehead atoms. The van der Waals surface area contributed by atoms with Crippen LogP contribution in [0, 0.1) is 11.3 Å². The number of nitrogens with one attached hydrogen (secondary N) is 1. The topological polar surface area (TPSA) is 62.1 Å². The number of methoxy groups -OCH3 is 1. The Bertz CT molecular complexity index is 309. The molecule has 2 fully saturated rings. The van der Waals surface area contributed by atoms with E-state index in [0.29, 0.717) is 0 Å². The highest BCUT2D eigenvalue weighted by atomic mass is 16.5. The molecule has 0 atom stereocenters. The number of nitriles is 1. The molecule has 4 nitrogen and oxygen atoms in total. The average molecular weight is 208 g/mol. The summed E-state index contributed by atoms with van der Waals surface area (Å²) in [5, 5.41) is 11.7. The second-order valence-electron chi connectivity index (χ2n) is 4.55. The quantitative estimate of drug-likeness (QED) is 0.756. The summed E-state index contributed by atoms with van der Waals surface area (Å²) < 4.78 is 5.36. The van der Waals surface area contributed by atoms with E-state index in [0.717, 1.165) is 38.5 Å². The molecule has 0 saturated heterocycles. The SMILES string of the molecule is COC1(C(=O)NC2(C#N)CC2)CCCC1. The van der Waals surface area contributed by atoms with E-state index in [1.54, 1.807) is 7.11 Å².